The Balaban J connectivity index is 1.16. The van der Waals surface area contributed by atoms with Crippen LogP contribution in [0.15, 0.2) is 59.6 Å². The minimum absolute atomic E-state index is 0.0568. The molecule has 35 heavy (non-hydrogen) atoms. The first-order valence-corrected chi connectivity index (χ1v) is 15.3. The smallest absolute Gasteiger partial charge is 0.251 e. The molecular formula is C27H31N3O3S2. The summed E-state index contributed by atoms with van der Waals surface area (Å²) in [5, 5.41) is 0.607. The largest absolute Gasteiger partial charge is 0.372 e. The van der Waals surface area contributed by atoms with Gasteiger partial charge in [0.2, 0.25) is 0 Å². The average molecular weight is 510 g/mol. The molecule has 0 unspecified atom stereocenters. The Labute approximate surface area is 211 Å². The normalized spacial score (nSPS) is 27.4. The van der Waals surface area contributed by atoms with E-state index in [1.807, 2.05) is 4.90 Å². The fraction of sp³-hybridized carbons (Fsp3) is 0.481. The molecule has 3 saturated heterocycles. The molecule has 0 aromatic heterocycles. The van der Waals surface area contributed by atoms with Crippen molar-refractivity contribution in [1.29, 1.82) is 0 Å². The highest BCUT2D eigenvalue weighted by Crippen LogP contribution is 2.42. The van der Waals surface area contributed by atoms with Crippen LogP contribution < -0.4 is 9.80 Å². The quantitative estimate of drug-likeness (QED) is 0.603. The molecule has 184 valence electrons. The molecule has 1 amide bonds. The fourth-order valence-corrected chi connectivity index (χ4v) is 9.47. The number of benzene rings is 2. The van der Waals surface area contributed by atoms with E-state index in [-0.39, 0.29) is 34.6 Å². The van der Waals surface area contributed by atoms with E-state index in [2.05, 4.69) is 64.5 Å². The van der Waals surface area contributed by atoms with E-state index < -0.39 is 9.84 Å². The second-order valence-corrected chi connectivity index (χ2v) is 13.7. The molecule has 3 aliphatic heterocycles. The van der Waals surface area contributed by atoms with Crippen LogP contribution >= 0.6 is 11.8 Å². The SMILES string of the molecule is O=C(N=C1S[C@@H]2CS(=O)(=O)C[C@H]2N1c1ccc(N2CCC(Cc3ccccc3)CC2)cc1)C1CC1. The Hall–Kier alpha value is -2.32. The number of anilines is 2. The second-order valence-electron chi connectivity index (χ2n) is 10.3. The number of sulfone groups is 1. The van der Waals surface area contributed by atoms with Gasteiger partial charge in [0, 0.05) is 35.6 Å². The van der Waals surface area contributed by atoms with Crippen LogP contribution in [0, 0.1) is 11.8 Å². The third-order valence-electron chi connectivity index (χ3n) is 7.67. The molecule has 6 rings (SSSR count). The van der Waals surface area contributed by atoms with E-state index in [1.54, 1.807) is 0 Å². The molecule has 0 N–H and O–H groups in total. The first kappa shape index (κ1) is 23.1. The predicted molar refractivity (Wildman–Crippen MR) is 143 cm³/mol. The standard InChI is InChI=1S/C27H31N3O3S2/c31-26(21-6-7-21)28-27-30(24-17-35(32,33)18-25(24)34-27)23-10-8-22(9-11-23)29-14-12-20(13-15-29)16-19-4-2-1-3-5-19/h1-5,8-11,20-21,24-25H,6-7,12-18H2/t24-,25-/m1/s1. The number of carbonyl (C=O) groups excluding carboxylic acids is 1. The molecule has 0 radical (unpaired) electrons. The first-order chi connectivity index (χ1) is 16.9. The minimum Gasteiger partial charge on any atom is -0.372 e. The molecule has 3 heterocycles. The number of nitrogens with zero attached hydrogens (tertiary/aromatic N) is 3. The Morgan fingerprint density at radius 3 is 2.29 bits per heavy atom. The van der Waals surface area contributed by atoms with Crippen molar-refractivity contribution < 1.29 is 13.2 Å². The lowest BCUT2D eigenvalue weighted by Crippen LogP contribution is -2.38. The molecule has 4 fully saturated rings. The topological polar surface area (TPSA) is 70.0 Å². The van der Waals surface area contributed by atoms with Gasteiger partial charge in [-0.15, -0.1) is 0 Å². The maximum absolute atomic E-state index is 12.4. The Morgan fingerprint density at radius 2 is 1.60 bits per heavy atom. The number of hydrogen-bond acceptors (Lipinski definition) is 5. The summed E-state index contributed by atoms with van der Waals surface area (Å²) in [6.07, 6.45) is 5.34. The van der Waals surface area contributed by atoms with Gasteiger partial charge in [-0.25, -0.2) is 8.42 Å². The lowest BCUT2D eigenvalue weighted by Gasteiger charge is -2.34. The summed E-state index contributed by atoms with van der Waals surface area (Å²) >= 11 is 1.46. The Morgan fingerprint density at radius 1 is 0.914 bits per heavy atom. The van der Waals surface area contributed by atoms with Crippen LogP contribution in [0.25, 0.3) is 0 Å². The van der Waals surface area contributed by atoms with Crippen molar-refractivity contribution in [2.24, 2.45) is 16.8 Å². The van der Waals surface area contributed by atoms with Gasteiger partial charge in [0.15, 0.2) is 15.0 Å². The van der Waals surface area contributed by atoms with Gasteiger partial charge in [-0.3, -0.25) is 4.79 Å². The van der Waals surface area contributed by atoms with E-state index in [1.165, 1.54) is 35.9 Å². The van der Waals surface area contributed by atoms with Gasteiger partial charge in [0.25, 0.3) is 5.91 Å². The first-order valence-electron chi connectivity index (χ1n) is 12.6. The van der Waals surface area contributed by atoms with Crippen molar-refractivity contribution in [2.45, 2.75) is 43.4 Å². The van der Waals surface area contributed by atoms with Crippen molar-refractivity contribution in [3.8, 4) is 0 Å². The summed E-state index contributed by atoms with van der Waals surface area (Å²) in [6.45, 7) is 2.09. The number of thioether (sulfide) groups is 1. The highest BCUT2D eigenvalue weighted by Gasteiger charge is 2.49. The van der Waals surface area contributed by atoms with E-state index in [4.69, 9.17) is 0 Å². The fourth-order valence-electron chi connectivity index (χ4n) is 5.55. The van der Waals surface area contributed by atoms with Crippen LogP contribution in [-0.2, 0) is 21.1 Å². The van der Waals surface area contributed by atoms with Crippen LogP contribution in [0.5, 0.6) is 0 Å². The van der Waals surface area contributed by atoms with E-state index >= 15 is 0 Å². The van der Waals surface area contributed by atoms with Crippen LogP contribution in [0.4, 0.5) is 11.4 Å². The molecule has 1 aliphatic carbocycles. The monoisotopic (exact) mass is 509 g/mol. The van der Waals surface area contributed by atoms with Gasteiger partial charge in [0.1, 0.15) is 0 Å². The lowest BCUT2D eigenvalue weighted by atomic mass is 9.90. The summed E-state index contributed by atoms with van der Waals surface area (Å²) in [5.74, 6) is 0.999. The molecule has 2 aromatic rings. The third-order valence-corrected chi connectivity index (χ3v) is 10.9. The molecular weight excluding hydrogens is 478 g/mol. The van der Waals surface area contributed by atoms with E-state index in [0.717, 1.165) is 44.0 Å². The van der Waals surface area contributed by atoms with Crippen molar-refractivity contribution in [3.63, 3.8) is 0 Å². The zero-order valence-corrected chi connectivity index (χ0v) is 21.4. The molecule has 1 saturated carbocycles. The number of aliphatic imine (C=N–C) groups is 1. The number of amidine groups is 1. The van der Waals surface area contributed by atoms with Crippen LogP contribution in [0.3, 0.4) is 0 Å². The van der Waals surface area contributed by atoms with Gasteiger partial charge in [-0.2, -0.15) is 4.99 Å². The maximum atomic E-state index is 12.4. The highest BCUT2D eigenvalue weighted by molar-refractivity contribution is 8.16. The number of amides is 1. The average Bonchev–Trinajstić information content (AvgIpc) is 3.60. The van der Waals surface area contributed by atoms with Gasteiger partial charge in [-0.1, -0.05) is 42.1 Å². The Kier molecular flexibility index (Phi) is 6.13. The van der Waals surface area contributed by atoms with Gasteiger partial charge >= 0.3 is 0 Å². The highest BCUT2D eigenvalue weighted by atomic mass is 32.2. The summed E-state index contributed by atoms with van der Waals surface area (Å²) < 4.78 is 24.6. The third kappa shape index (κ3) is 5.00. The maximum Gasteiger partial charge on any atom is 0.251 e. The molecule has 0 bridgehead atoms. The van der Waals surface area contributed by atoms with Crippen molar-refractivity contribution in [3.05, 3.63) is 60.2 Å². The van der Waals surface area contributed by atoms with Crippen LogP contribution in [0.2, 0.25) is 0 Å². The molecule has 0 spiro atoms. The van der Waals surface area contributed by atoms with Crippen molar-refractivity contribution in [1.82, 2.24) is 0 Å². The number of rotatable bonds is 5. The van der Waals surface area contributed by atoms with Crippen LogP contribution in [-0.4, -0.2) is 55.4 Å². The zero-order valence-electron chi connectivity index (χ0n) is 19.8. The van der Waals surface area contributed by atoms with Gasteiger partial charge < -0.3 is 9.80 Å². The molecule has 2 atom stereocenters. The number of hydrogen-bond donors (Lipinski definition) is 0. The predicted octanol–water partition coefficient (Wildman–Crippen LogP) is 4.16. The second kappa shape index (κ2) is 9.28. The van der Waals surface area contributed by atoms with Gasteiger partial charge in [0.05, 0.1) is 17.5 Å². The molecule has 2 aromatic carbocycles. The number of piperidine rings is 1. The van der Waals surface area contributed by atoms with Gasteiger partial charge in [-0.05, 0) is 67.9 Å². The van der Waals surface area contributed by atoms with E-state index in [9.17, 15) is 13.2 Å². The number of fused-ring (bicyclic) bond motifs is 1. The lowest BCUT2D eigenvalue weighted by molar-refractivity contribution is -0.118. The summed E-state index contributed by atoms with van der Waals surface area (Å²) in [7, 11) is -3.07. The molecule has 4 aliphatic rings. The molecule has 8 heteroatoms. The van der Waals surface area contributed by atoms with Crippen molar-refractivity contribution in [2.75, 3.05) is 34.4 Å². The zero-order chi connectivity index (χ0) is 24.0. The van der Waals surface area contributed by atoms with E-state index in [0.29, 0.717) is 5.17 Å². The Bertz CT molecular complexity index is 1220. The molecule has 6 nitrogen and oxygen atoms in total. The number of carbonyl (C=O) groups is 1. The summed E-state index contributed by atoms with van der Waals surface area (Å²) in [6, 6.07) is 19.0. The summed E-state index contributed by atoms with van der Waals surface area (Å²) in [5.41, 5.74) is 3.54. The minimum atomic E-state index is -3.07. The van der Waals surface area contributed by atoms with Crippen molar-refractivity contribution >= 4 is 44.0 Å². The van der Waals surface area contributed by atoms with Crippen LogP contribution in [0.1, 0.15) is 31.2 Å². The summed E-state index contributed by atoms with van der Waals surface area (Å²) in [4.78, 5) is 21.3.